The third-order valence-corrected chi connectivity index (χ3v) is 2.70. The van der Waals surface area contributed by atoms with Crippen LogP contribution in [-0.4, -0.2) is 30.9 Å². The molecular weight excluding hydrogens is 266 g/mol. The number of hydrogen-bond donors (Lipinski definition) is 1. The van der Waals surface area contributed by atoms with Crippen LogP contribution in [0.3, 0.4) is 0 Å². The summed E-state index contributed by atoms with van der Waals surface area (Å²) in [6.07, 6.45) is 10.3. The third-order valence-electron chi connectivity index (χ3n) is 2.70. The number of aryl methyl sites for hydroxylation is 1. The van der Waals surface area contributed by atoms with Crippen LogP contribution in [0.1, 0.15) is 11.1 Å². The Morgan fingerprint density at radius 2 is 2.10 bits per heavy atom. The Morgan fingerprint density at radius 3 is 2.86 bits per heavy atom. The Balaban J connectivity index is 1.73. The van der Waals surface area contributed by atoms with Crippen LogP contribution < -0.4 is 5.43 Å². The largest absolute Gasteiger partial charge is 0.265 e. The number of hydrazone groups is 1. The van der Waals surface area contributed by atoms with Crippen molar-refractivity contribution < 1.29 is 0 Å². The van der Waals surface area contributed by atoms with E-state index in [1.165, 1.54) is 6.33 Å². The summed E-state index contributed by atoms with van der Waals surface area (Å²) in [6.45, 7) is 1.98. The lowest BCUT2D eigenvalue weighted by atomic mass is 10.3. The molecule has 0 aliphatic carbocycles. The molecule has 0 aliphatic heterocycles. The predicted molar refractivity (Wildman–Crippen MR) is 79.3 cm³/mol. The van der Waals surface area contributed by atoms with Gasteiger partial charge < -0.3 is 0 Å². The Kier molecular flexibility index (Phi) is 3.64. The van der Waals surface area contributed by atoms with Crippen molar-refractivity contribution in [3.05, 3.63) is 60.4 Å². The molecule has 0 saturated carbocycles. The molecule has 0 bridgehead atoms. The highest BCUT2D eigenvalue weighted by Crippen LogP contribution is 2.09. The lowest BCUT2D eigenvalue weighted by molar-refractivity contribution is 0.839. The zero-order valence-corrected chi connectivity index (χ0v) is 11.4. The van der Waals surface area contributed by atoms with Gasteiger partial charge in [0.2, 0.25) is 0 Å². The Hall–Kier alpha value is -3.09. The summed E-state index contributed by atoms with van der Waals surface area (Å²) < 4.78 is 1.69. The summed E-state index contributed by atoms with van der Waals surface area (Å²) in [6, 6.07) is 5.50. The number of hydrogen-bond acceptors (Lipinski definition) is 6. The smallest absolute Gasteiger partial charge is 0.158 e. The normalized spacial score (nSPS) is 10.9. The van der Waals surface area contributed by atoms with Crippen LogP contribution in [-0.2, 0) is 0 Å². The van der Waals surface area contributed by atoms with Crippen molar-refractivity contribution in [2.75, 3.05) is 5.43 Å². The molecule has 0 radical (unpaired) electrons. The minimum atomic E-state index is 0.596. The second kappa shape index (κ2) is 5.91. The van der Waals surface area contributed by atoms with Gasteiger partial charge in [-0.25, -0.2) is 14.6 Å². The zero-order chi connectivity index (χ0) is 14.5. The Bertz CT molecular complexity index is 749. The van der Waals surface area contributed by atoms with Crippen molar-refractivity contribution >= 4 is 12.0 Å². The van der Waals surface area contributed by atoms with E-state index in [9.17, 15) is 0 Å². The highest BCUT2D eigenvalue weighted by molar-refractivity contribution is 5.79. The molecule has 7 nitrogen and oxygen atoms in total. The summed E-state index contributed by atoms with van der Waals surface area (Å²) in [5, 5.41) is 8.34. The van der Waals surface area contributed by atoms with E-state index in [2.05, 4.69) is 30.6 Å². The molecule has 0 fully saturated rings. The average molecular weight is 279 g/mol. The third kappa shape index (κ3) is 3.27. The summed E-state index contributed by atoms with van der Waals surface area (Å²) in [5.41, 5.74) is 4.89. The van der Waals surface area contributed by atoms with Gasteiger partial charge in [0, 0.05) is 24.7 Å². The van der Waals surface area contributed by atoms with E-state index in [4.69, 9.17) is 0 Å². The van der Waals surface area contributed by atoms with Gasteiger partial charge in [0.1, 0.15) is 6.33 Å². The van der Waals surface area contributed by atoms with E-state index in [0.717, 1.165) is 11.1 Å². The zero-order valence-electron chi connectivity index (χ0n) is 11.4. The van der Waals surface area contributed by atoms with E-state index in [1.54, 1.807) is 35.6 Å². The Morgan fingerprint density at radius 1 is 1.24 bits per heavy atom. The van der Waals surface area contributed by atoms with Gasteiger partial charge in [-0.1, -0.05) is 0 Å². The fourth-order valence-corrected chi connectivity index (χ4v) is 1.69. The highest BCUT2D eigenvalue weighted by Gasteiger charge is 2.01. The van der Waals surface area contributed by atoms with Gasteiger partial charge >= 0.3 is 0 Å². The van der Waals surface area contributed by atoms with E-state index in [0.29, 0.717) is 11.6 Å². The summed E-state index contributed by atoms with van der Waals surface area (Å²) in [5.74, 6) is 1.28. The van der Waals surface area contributed by atoms with Gasteiger partial charge in [-0.05, 0) is 30.2 Å². The number of aromatic nitrogens is 5. The predicted octanol–water partition coefficient (Wildman–Crippen LogP) is 1.81. The van der Waals surface area contributed by atoms with Crippen LogP contribution in [0.2, 0.25) is 0 Å². The molecule has 3 heterocycles. The summed E-state index contributed by atoms with van der Waals surface area (Å²) in [7, 11) is 0. The minimum absolute atomic E-state index is 0.596. The monoisotopic (exact) mass is 279 g/mol. The van der Waals surface area contributed by atoms with E-state index >= 15 is 0 Å². The molecule has 3 aromatic heterocycles. The first kappa shape index (κ1) is 12.9. The quantitative estimate of drug-likeness (QED) is 0.582. The van der Waals surface area contributed by atoms with Gasteiger partial charge in [-0.2, -0.15) is 10.2 Å². The molecule has 104 valence electrons. The number of rotatable bonds is 4. The SMILES string of the molecule is Cc1cnn(-c2cc(N/N=C\c3ccncc3)ncn2)c1. The molecule has 21 heavy (non-hydrogen) atoms. The molecule has 0 spiro atoms. The molecule has 0 amide bonds. The van der Waals surface area contributed by atoms with Crippen LogP contribution in [0.15, 0.2) is 54.4 Å². The van der Waals surface area contributed by atoms with Gasteiger partial charge in [-0.3, -0.25) is 10.4 Å². The summed E-state index contributed by atoms with van der Waals surface area (Å²) >= 11 is 0. The number of nitrogens with zero attached hydrogens (tertiary/aromatic N) is 6. The van der Waals surface area contributed by atoms with Crippen molar-refractivity contribution in [2.45, 2.75) is 6.92 Å². The van der Waals surface area contributed by atoms with Crippen LogP contribution in [0.5, 0.6) is 0 Å². The van der Waals surface area contributed by atoms with Gasteiger partial charge in [0.25, 0.3) is 0 Å². The second-order valence-electron chi connectivity index (χ2n) is 4.37. The van der Waals surface area contributed by atoms with Crippen molar-refractivity contribution in [3.8, 4) is 5.82 Å². The van der Waals surface area contributed by atoms with Gasteiger partial charge in [0.05, 0.1) is 12.4 Å². The van der Waals surface area contributed by atoms with E-state index in [1.807, 2.05) is 25.3 Å². The molecule has 0 aromatic carbocycles. The summed E-state index contributed by atoms with van der Waals surface area (Å²) in [4.78, 5) is 12.2. The van der Waals surface area contributed by atoms with Crippen molar-refractivity contribution in [2.24, 2.45) is 5.10 Å². The molecule has 3 rings (SSSR count). The number of anilines is 1. The molecular formula is C14H13N7. The molecule has 0 saturated heterocycles. The van der Waals surface area contributed by atoms with E-state index in [-0.39, 0.29) is 0 Å². The molecule has 0 atom stereocenters. The molecule has 1 N–H and O–H groups in total. The topological polar surface area (TPSA) is 80.9 Å². The second-order valence-corrected chi connectivity index (χ2v) is 4.37. The first-order valence-electron chi connectivity index (χ1n) is 6.34. The lowest BCUT2D eigenvalue weighted by Crippen LogP contribution is -2.01. The maximum Gasteiger partial charge on any atom is 0.158 e. The standard InChI is InChI=1S/C14H13N7/c1-11-7-19-21(9-11)14-6-13(16-10-17-14)20-18-8-12-2-4-15-5-3-12/h2-10H,1H3,(H,16,17,20)/b18-8-. The van der Waals surface area contributed by atoms with Crippen LogP contribution in [0.4, 0.5) is 5.82 Å². The number of pyridine rings is 1. The van der Waals surface area contributed by atoms with Crippen LogP contribution in [0, 0.1) is 6.92 Å². The van der Waals surface area contributed by atoms with Crippen molar-refractivity contribution in [1.82, 2.24) is 24.7 Å². The first-order chi connectivity index (χ1) is 10.3. The van der Waals surface area contributed by atoms with Crippen LogP contribution >= 0.6 is 0 Å². The Labute approximate surface area is 121 Å². The van der Waals surface area contributed by atoms with Crippen molar-refractivity contribution in [1.29, 1.82) is 0 Å². The molecule has 3 aromatic rings. The van der Waals surface area contributed by atoms with Crippen LogP contribution in [0.25, 0.3) is 5.82 Å². The maximum atomic E-state index is 4.21. The maximum absolute atomic E-state index is 4.21. The minimum Gasteiger partial charge on any atom is -0.265 e. The van der Waals surface area contributed by atoms with Gasteiger partial charge in [0.15, 0.2) is 11.6 Å². The molecule has 7 heteroatoms. The average Bonchev–Trinajstić information content (AvgIpc) is 2.95. The van der Waals surface area contributed by atoms with Crippen molar-refractivity contribution in [3.63, 3.8) is 0 Å². The first-order valence-corrected chi connectivity index (χ1v) is 6.34. The highest BCUT2D eigenvalue weighted by atomic mass is 15.3. The molecule has 0 aliphatic rings. The lowest BCUT2D eigenvalue weighted by Gasteiger charge is -2.02. The fraction of sp³-hybridized carbons (Fsp3) is 0.0714. The van der Waals surface area contributed by atoms with Gasteiger partial charge in [-0.15, -0.1) is 0 Å². The van der Waals surface area contributed by atoms with E-state index < -0.39 is 0 Å². The fourth-order valence-electron chi connectivity index (χ4n) is 1.69. The molecule has 0 unspecified atom stereocenters. The number of nitrogens with one attached hydrogen (secondary N) is 1.